The van der Waals surface area contributed by atoms with Crippen LogP contribution in [0.5, 0.6) is 11.5 Å². The van der Waals surface area contributed by atoms with E-state index in [2.05, 4.69) is 15.4 Å². The number of nitrogens with one attached hydrogen (secondary N) is 1. The van der Waals surface area contributed by atoms with E-state index in [1.54, 1.807) is 11.8 Å². The van der Waals surface area contributed by atoms with Gasteiger partial charge in [0.25, 0.3) is 0 Å². The summed E-state index contributed by atoms with van der Waals surface area (Å²) in [7, 11) is 1.64. The van der Waals surface area contributed by atoms with Crippen molar-refractivity contribution in [3.63, 3.8) is 0 Å². The molecule has 0 saturated carbocycles. The van der Waals surface area contributed by atoms with Crippen LogP contribution in [0.15, 0.2) is 48.7 Å². The van der Waals surface area contributed by atoms with E-state index in [1.165, 1.54) is 11.3 Å². The molecule has 0 fully saturated rings. The molecule has 0 bridgehead atoms. The van der Waals surface area contributed by atoms with Crippen molar-refractivity contribution in [1.82, 2.24) is 14.8 Å². The fourth-order valence-corrected chi connectivity index (χ4v) is 4.69. The molecule has 8 heteroatoms. The number of methoxy groups -OCH3 is 1. The summed E-state index contributed by atoms with van der Waals surface area (Å²) in [5.41, 5.74) is 2.91. The van der Waals surface area contributed by atoms with Gasteiger partial charge in [-0.3, -0.25) is 4.79 Å². The molecular formula is C22H20N4O3S. The number of carbonyl (C=O) groups excluding carboxylic acids is 1. The van der Waals surface area contributed by atoms with E-state index in [1.807, 2.05) is 55.6 Å². The Labute approximate surface area is 177 Å². The summed E-state index contributed by atoms with van der Waals surface area (Å²) in [6.07, 6.45) is 2.20. The van der Waals surface area contributed by atoms with Gasteiger partial charge in [0.1, 0.15) is 17.3 Å². The van der Waals surface area contributed by atoms with Gasteiger partial charge in [-0.25, -0.2) is 4.98 Å². The van der Waals surface area contributed by atoms with Crippen molar-refractivity contribution in [1.29, 1.82) is 0 Å². The lowest BCUT2D eigenvalue weighted by molar-refractivity contribution is -0.116. The molecule has 1 aliphatic rings. The van der Waals surface area contributed by atoms with E-state index < -0.39 is 0 Å². The first-order chi connectivity index (χ1) is 14.7. The third-order valence-electron chi connectivity index (χ3n) is 5.18. The summed E-state index contributed by atoms with van der Waals surface area (Å²) in [6, 6.07) is 13.7. The Hall–Kier alpha value is -3.39. The van der Waals surface area contributed by atoms with Gasteiger partial charge in [0.05, 0.1) is 30.1 Å². The Kier molecular flexibility index (Phi) is 4.63. The first-order valence-electron chi connectivity index (χ1n) is 9.71. The molecule has 0 radical (unpaired) electrons. The third kappa shape index (κ3) is 3.19. The number of benzene rings is 2. The molecule has 0 spiro atoms. The van der Waals surface area contributed by atoms with Crippen LogP contribution in [0.1, 0.15) is 30.4 Å². The lowest BCUT2D eigenvalue weighted by Gasteiger charge is -2.23. The average molecular weight is 420 g/mol. The van der Waals surface area contributed by atoms with Crippen LogP contribution >= 0.6 is 11.3 Å². The van der Waals surface area contributed by atoms with Crippen LogP contribution < -0.4 is 14.8 Å². The van der Waals surface area contributed by atoms with Crippen LogP contribution in [0.4, 0.5) is 5.82 Å². The molecule has 1 amide bonds. The molecule has 1 N–H and O–H groups in total. The number of hydrogen-bond donors (Lipinski definition) is 1. The van der Waals surface area contributed by atoms with Crippen molar-refractivity contribution in [2.24, 2.45) is 0 Å². The minimum Gasteiger partial charge on any atom is -0.497 e. The smallest absolute Gasteiger partial charge is 0.226 e. The number of aromatic nitrogens is 3. The highest BCUT2D eigenvalue weighted by molar-refractivity contribution is 7.20. The monoisotopic (exact) mass is 420 g/mol. The summed E-state index contributed by atoms with van der Waals surface area (Å²) in [5, 5.41) is 8.24. The molecule has 0 aliphatic carbocycles. The average Bonchev–Trinajstić information content (AvgIpc) is 3.37. The van der Waals surface area contributed by atoms with Gasteiger partial charge in [-0.1, -0.05) is 23.5 Å². The fraction of sp³-hybridized carbons (Fsp3) is 0.227. The van der Waals surface area contributed by atoms with Gasteiger partial charge in [-0.05, 0) is 42.8 Å². The van der Waals surface area contributed by atoms with E-state index in [9.17, 15) is 4.79 Å². The van der Waals surface area contributed by atoms with Gasteiger partial charge in [0, 0.05) is 17.9 Å². The van der Waals surface area contributed by atoms with E-state index in [0.717, 1.165) is 32.8 Å². The fourth-order valence-electron chi connectivity index (χ4n) is 3.74. The molecule has 1 unspecified atom stereocenters. The van der Waals surface area contributed by atoms with Crippen LogP contribution in [0.25, 0.3) is 15.3 Å². The SMILES string of the molecule is CCOc1ccc(C2CC(=O)Nc3c2cnn3-c2nc3ccc(OC)cc3s2)cc1. The minimum absolute atomic E-state index is 0.0362. The summed E-state index contributed by atoms with van der Waals surface area (Å²) in [6.45, 7) is 2.58. The Morgan fingerprint density at radius 1 is 1.20 bits per heavy atom. The van der Waals surface area contributed by atoms with Gasteiger partial charge in [-0.15, -0.1) is 0 Å². The molecule has 7 nitrogen and oxygen atoms in total. The Morgan fingerprint density at radius 3 is 2.77 bits per heavy atom. The second-order valence-electron chi connectivity index (χ2n) is 7.00. The number of anilines is 1. The predicted molar refractivity (Wildman–Crippen MR) is 116 cm³/mol. The second-order valence-corrected chi connectivity index (χ2v) is 8.01. The Balaban J connectivity index is 1.54. The number of amides is 1. The van der Waals surface area contributed by atoms with E-state index in [-0.39, 0.29) is 11.8 Å². The molecule has 30 heavy (non-hydrogen) atoms. The summed E-state index contributed by atoms with van der Waals surface area (Å²) in [4.78, 5) is 17.2. The molecule has 5 rings (SSSR count). The highest BCUT2D eigenvalue weighted by atomic mass is 32.1. The zero-order chi connectivity index (χ0) is 20.7. The molecule has 0 saturated heterocycles. The van der Waals surface area contributed by atoms with Gasteiger partial charge >= 0.3 is 0 Å². The highest BCUT2D eigenvalue weighted by Gasteiger charge is 2.31. The maximum Gasteiger partial charge on any atom is 0.226 e. The van der Waals surface area contributed by atoms with Crippen LogP contribution in [-0.2, 0) is 4.79 Å². The van der Waals surface area contributed by atoms with Gasteiger partial charge in [0.15, 0.2) is 0 Å². The van der Waals surface area contributed by atoms with Gasteiger partial charge < -0.3 is 14.8 Å². The van der Waals surface area contributed by atoms with Crippen LogP contribution in [0.3, 0.4) is 0 Å². The first-order valence-corrected chi connectivity index (χ1v) is 10.5. The number of fused-ring (bicyclic) bond motifs is 2. The Bertz CT molecular complexity index is 1230. The number of rotatable bonds is 5. The standard InChI is InChI=1S/C22H20N4O3S/c1-3-29-14-6-4-13(5-7-14)16-11-20(27)25-21-17(16)12-23-26(21)22-24-18-9-8-15(28-2)10-19(18)30-22/h4-10,12,16H,3,11H2,1-2H3,(H,25,27). The normalized spacial score (nSPS) is 15.7. The molecule has 152 valence electrons. The Morgan fingerprint density at radius 2 is 2.00 bits per heavy atom. The summed E-state index contributed by atoms with van der Waals surface area (Å²) < 4.78 is 13.6. The summed E-state index contributed by atoms with van der Waals surface area (Å²) in [5.74, 6) is 2.18. The number of thiazole rings is 1. The number of carbonyl (C=O) groups is 1. The molecule has 2 aromatic heterocycles. The van der Waals surface area contributed by atoms with Crippen LogP contribution in [0.2, 0.25) is 0 Å². The van der Waals surface area contributed by atoms with Crippen LogP contribution in [0, 0.1) is 0 Å². The maximum absolute atomic E-state index is 12.5. The molecular weight excluding hydrogens is 400 g/mol. The van der Waals surface area contributed by atoms with E-state index >= 15 is 0 Å². The van der Waals surface area contributed by atoms with Crippen molar-refractivity contribution in [2.75, 3.05) is 19.0 Å². The molecule has 4 aromatic rings. The number of hydrogen-bond acceptors (Lipinski definition) is 6. The van der Waals surface area contributed by atoms with Crippen LogP contribution in [-0.4, -0.2) is 34.4 Å². The zero-order valence-electron chi connectivity index (χ0n) is 16.6. The number of ether oxygens (including phenoxy) is 2. The summed E-state index contributed by atoms with van der Waals surface area (Å²) >= 11 is 1.50. The van der Waals surface area contributed by atoms with Crippen molar-refractivity contribution in [3.8, 4) is 16.6 Å². The van der Waals surface area contributed by atoms with E-state index in [4.69, 9.17) is 9.47 Å². The van der Waals surface area contributed by atoms with E-state index in [0.29, 0.717) is 24.0 Å². The van der Waals surface area contributed by atoms with Gasteiger partial charge in [-0.2, -0.15) is 9.78 Å². The quantitative estimate of drug-likeness (QED) is 0.519. The highest BCUT2D eigenvalue weighted by Crippen LogP contribution is 2.39. The minimum atomic E-state index is -0.0624. The lowest BCUT2D eigenvalue weighted by Crippen LogP contribution is -2.24. The van der Waals surface area contributed by atoms with Crippen molar-refractivity contribution < 1.29 is 14.3 Å². The zero-order valence-corrected chi connectivity index (χ0v) is 17.4. The largest absolute Gasteiger partial charge is 0.497 e. The van der Waals surface area contributed by atoms with Crippen molar-refractivity contribution in [3.05, 3.63) is 59.8 Å². The lowest BCUT2D eigenvalue weighted by atomic mass is 9.87. The molecule has 1 aliphatic heterocycles. The predicted octanol–water partition coefficient (Wildman–Crippen LogP) is 4.36. The van der Waals surface area contributed by atoms with Crippen molar-refractivity contribution >= 4 is 33.3 Å². The molecule has 1 atom stereocenters. The third-order valence-corrected chi connectivity index (χ3v) is 6.17. The maximum atomic E-state index is 12.5. The first kappa shape index (κ1) is 18.6. The second kappa shape index (κ2) is 7.46. The number of nitrogens with zero attached hydrogens (tertiary/aromatic N) is 3. The topological polar surface area (TPSA) is 78.3 Å². The molecule has 3 heterocycles. The van der Waals surface area contributed by atoms with Gasteiger partial charge in [0.2, 0.25) is 11.0 Å². The van der Waals surface area contributed by atoms with Crippen molar-refractivity contribution in [2.45, 2.75) is 19.3 Å². The molecule has 2 aromatic carbocycles.